The number of nitrogens with zero attached hydrogens (tertiary/aromatic N) is 2. The lowest BCUT2D eigenvalue weighted by Crippen LogP contribution is -2.34. The number of rotatable bonds is 3. The molecule has 0 amide bonds. The van der Waals surface area contributed by atoms with E-state index in [2.05, 4.69) is 0 Å². The van der Waals surface area contributed by atoms with Gasteiger partial charge in [0.2, 0.25) is 6.23 Å². The van der Waals surface area contributed by atoms with Crippen molar-refractivity contribution in [3.05, 3.63) is 93.2 Å². The fourth-order valence-corrected chi connectivity index (χ4v) is 4.39. The first kappa shape index (κ1) is 19.2. The van der Waals surface area contributed by atoms with E-state index in [9.17, 15) is 4.39 Å². The molecule has 3 aromatic rings. The highest BCUT2D eigenvalue weighted by atomic mass is 35.5. The molecule has 0 bridgehead atoms. The molecule has 152 valence electrons. The summed E-state index contributed by atoms with van der Waals surface area (Å²) >= 11 is 12.6. The Labute approximate surface area is 183 Å². The first-order valence-electron chi connectivity index (χ1n) is 9.45. The molecule has 0 fully saturated rings. The predicted octanol–water partition coefficient (Wildman–Crippen LogP) is 6.38. The Morgan fingerprint density at radius 2 is 1.90 bits per heavy atom. The Morgan fingerprint density at radius 3 is 2.63 bits per heavy atom. The van der Waals surface area contributed by atoms with E-state index in [4.69, 9.17) is 37.8 Å². The van der Waals surface area contributed by atoms with Gasteiger partial charge < -0.3 is 9.47 Å². The van der Waals surface area contributed by atoms with Gasteiger partial charge in [0, 0.05) is 17.0 Å². The number of methoxy groups -OCH3 is 1. The second kappa shape index (κ2) is 7.49. The van der Waals surface area contributed by atoms with Crippen molar-refractivity contribution in [1.29, 1.82) is 0 Å². The number of ether oxygens (including phenoxy) is 2. The Hall–Kier alpha value is -2.76. The molecule has 0 N–H and O–H groups in total. The Morgan fingerprint density at radius 1 is 1.10 bits per heavy atom. The molecule has 0 spiro atoms. The van der Waals surface area contributed by atoms with Crippen molar-refractivity contribution in [2.75, 3.05) is 7.11 Å². The van der Waals surface area contributed by atoms with Crippen LogP contribution in [-0.2, 0) is 0 Å². The molecule has 3 aromatic carbocycles. The van der Waals surface area contributed by atoms with Gasteiger partial charge in [0.05, 0.1) is 29.4 Å². The zero-order valence-electron chi connectivity index (χ0n) is 16.0. The minimum absolute atomic E-state index is 0.148. The summed E-state index contributed by atoms with van der Waals surface area (Å²) in [6, 6.07) is 17.6. The fourth-order valence-electron chi connectivity index (χ4n) is 3.95. The molecule has 0 aromatic heterocycles. The van der Waals surface area contributed by atoms with E-state index in [1.54, 1.807) is 30.3 Å². The molecule has 0 radical (unpaired) electrons. The van der Waals surface area contributed by atoms with Crippen LogP contribution in [0.5, 0.6) is 11.5 Å². The average molecular weight is 443 g/mol. The van der Waals surface area contributed by atoms with Crippen LogP contribution in [0.1, 0.15) is 35.4 Å². The van der Waals surface area contributed by atoms with E-state index in [1.165, 1.54) is 6.07 Å². The molecule has 4 nitrogen and oxygen atoms in total. The van der Waals surface area contributed by atoms with Crippen molar-refractivity contribution < 1.29 is 13.9 Å². The lowest BCUT2D eigenvalue weighted by atomic mass is 9.96. The quantitative estimate of drug-likeness (QED) is 0.471. The van der Waals surface area contributed by atoms with E-state index < -0.39 is 12.0 Å². The molecule has 2 atom stereocenters. The molecule has 0 saturated heterocycles. The largest absolute Gasteiger partial charge is 0.497 e. The summed E-state index contributed by atoms with van der Waals surface area (Å²) in [6.45, 7) is 0. The number of fused-ring (bicyclic) bond motifs is 3. The summed E-state index contributed by atoms with van der Waals surface area (Å²) in [4.78, 5) is 0. The zero-order valence-corrected chi connectivity index (χ0v) is 17.5. The maximum Gasteiger partial charge on any atom is 0.218 e. The number of benzene rings is 3. The van der Waals surface area contributed by atoms with Crippen LogP contribution in [0.15, 0.2) is 65.8 Å². The molecule has 2 heterocycles. The van der Waals surface area contributed by atoms with Crippen LogP contribution >= 0.6 is 23.2 Å². The number of hydrazone groups is 1. The first-order valence-corrected chi connectivity index (χ1v) is 10.2. The van der Waals surface area contributed by atoms with Gasteiger partial charge in [-0.2, -0.15) is 5.10 Å². The summed E-state index contributed by atoms with van der Waals surface area (Å²) in [5.41, 5.74) is 3.02. The van der Waals surface area contributed by atoms with Gasteiger partial charge in [-0.1, -0.05) is 29.3 Å². The third-order valence-electron chi connectivity index (χ3n) is 5.42. The van der Waals surface area contributed by atoms with Gasteiger partial charge in [-0.15, -0.1) is 0 Å². The van der Waals surface area contributed by atoms with Crippen LogP contribution in [0, 0.1) is 5.82 Å². The third kappa shape index (κ3) is 3.18. The molecule has 0 saturated carbocycles. The second-order valence-electron chi connectivity index (χ2n) is 7.16. The third-order valence-corrected chi connectivity index (χ3v) is 5.99. The lowest BCUT2D eigenvalue weighted by Gasteiger charge is -2.38. The van der Waals surface area contributed by atoms with Crippen LogP contribution in [0.2, 0.25) is 10.0 Å². The van der Waals surface area contributed by atoms with E-state index in [0.29, 0.717) is 22.2 Å². The molecular formula is C23H17Cl2FN2O2. The first-order chi connectivity index (χ1) is 14.5. The van der Waals surface area contributed by atoms with Gasteiger partial charge >= 0.3 is 0 Å². The van der Waals surface area contributed by atoms with Crippen molar-refractivity contribution in [2.45, 2.75) is 18.7 Å². The van der Waals surface area contributed by atoms with Crippen LogP contribution < -0.4 is 9.47 Å². The van der Waals surface area contributed by atoms with Gasteiger partial charge in [-0.25, -0.2) is 9.40 Å². The topological polar surface area (TPSA) is 34.1 Å². The number of hydrogen-bond donors (Lipinski definition) is 0. The molecule has 2 aliphatic rings. The molecule has 2 unspecified atom stereocenters. The zero-order chi connectivity index (χ0) is 20.8. The molecule has 2 aliphatic heterocycles. The summed E-state index contributed by atoms with van der Waals surface area (Å²) in [5.74, 6) is 0.986. The highest BCUT2D eigenvalue weighted by Gasteiger charge is 2.42. The SMILES string of the molecule is COc1ccc(C2=NN3C(C2)c2cc(Cl)ccc2OC3c2c(F)cccc2Cl)cc1. The average Bonchev–Trinajstić information content (AvgIpc) is 3.20. The van der Waals surface area contributed by atoms with E-state index in [0.717, 1.165) is 22.6 Å². The predicted molar refractivity (Wildman–Crippen MR) is 115 cm³/mol. The minimum atomic E-state index is -0.784. The highest BCUT2D eigenvalue weighted by Crippen LogP contribution is 2.49. The maximum absolute atomic E-state index is 14.8. The van der Waals surface area contributed by atoms with Crippen molar-refractivity contribution in [3.63, 3.8) is 0 Å². The molecule has 7 heteroatoms. The summed E-state index contributed by atoms with van der Waals surface area (Å²) in [5, 5.41) is 7.50. The van der Waals surface area contributed by atoms with Crippen molar-refractivity contribution in [1.82, 2.24) is 5.01 Å². The van der Waals surface area contributed by atoms with Gasteiger partial charge in [0.15, 0.2) is 0 Å². The standard InChI is InChI=1S/C23H17Cl2FN2O2/c1-29-15-8-5-13(6-9-15)19-12-20-16-11-14(24)7-10-21(16)30-23(28(20)27-19)22-17(25)3-2-4-18(22)26/h2-11,20,23H,12H2,1H3. The van der Waals surface area contributed by atoms with Crippen LogP contribution in [0.4, 0.5) is 4.39 Å². The van der Waals surface area contributed by atoms with Gasteiger partial charge in [-0.05, 0) is 60.2 Å². The maximum atomic E-state index is 14.8. The number of halogens is 3. The van der Waals surface area contributed by atoms with Crippen molar-refractivity contribution in [3.8, 4) is 11.5 Å². The molecule has 30 heavy (non-hydrogen) atoms. The number of hydrogen-bond acceptors (Lipinski definition) is 4. The molecule has 5 rings (SSSR count). The smallest absolute Gasteiger partial charge is 0.218 e. The van der Waals surface area contributed by atoms with Crippen LogP contribution in [-0.4, -0.2) is 17.8 Å². The molecule has 0 aliphatic carbocycles. The van der Waals surface area contributed by atoms with Crippen molar-refractivity contribution >= 4 is 28.9 Å². The van der Waals surface area contributed by atoms with E-state index in [1.807, 2.05) is 36.4 Å². The Balaban J connectivity index is 1.62. The highest BCUT2D eigenvalue weighted by molar-refractivity contribution is 6.31. The van der Waals surface area contributed by atoms with Crippen molar-refractivity contribution in [2.24, 2.45) is 5.10 Å². The van der Waals surface area contributed by atoms with Gasteiger partial charge in [0.1, 0.15) is 17.3 Å². The fraction of sp³-hybridized carbons (Fsp3) is 0.174. The normalized spacial score (nSPS) is 19.6. The summed E-state index contributed by atoms with van der Waals surface area (Å²) in [7, 11) is 1.63. The summed E-state index contributed by atoms with van der Waals surface area (Å²) in [6.07, 6.45) is -0.154. The second-order valence-corrected chi connectivity index (χ2v) is 8.01. The summed E-state index contributed by atoms with van der Waals surface area (Å²) < 4.78 is 26.2. The van der Waals surface area contributed by atoms with Gasteiger partial charge in [-0.3, -0.25) is 0 Å². The van der Waals surface area contributed by atoms with Crippen LogP contribution in [0.25, 0.3) is 0 Å². The monoisotopic (exact) mass is 442 g/mol. The van der Waals surface area contributed by atoms with E-state index >= 15 is 0 Å². The van der Waals surface area contributed by atoms with Gasteiger partial charge in [0.25, 0.3) is 0 Å². The Bertz CT molecular complexity index is 1130. The minimum Gasteiger partial charge on any atom is -0.497 e. The van der Waals surface area contributed by atoms with E-state index in [-0.39, 0.29) is 11.6 Å². The van der Waals surface area contributed by atoms with Crippen LogP contribution in [0.3, 0.4) is 0 Å². The Kier molecular flexibility index (Phi) is 4.80. The lowest BCUT2D eigenvalue weighted by molar-refractivity contribution is -0.0211. The molecular weight excluding hydrogens is 426 g/mol.